The van der Waals surface area contributed by atoms with Crippen molar-refractivity contribution in [1.29, 1.82) is 0 Å². The molecule has 0 saturated carbocycles. The van der Waals surface area contributed by atoms with Crippen LogP contribution in [0, 0.1) is 5.92 Å². The molecule has 0 heterocycles. The first kappa shape index (κ1) is 17.0. The predicted octanol–water partition coefficient (Wildman–Crippen LogP) is 3.58. The first-order valence-electron chi connectivity index (χ1n) is 6.24. The molecule has 0 radical (unpaired) electrons. The monoisotopic (exact) mass is 281 g/mol. The van der Waals surface area contributed by atoms with Crippen LogP contribution in [0.15, 0.2) is 0 Å². The van der Waals surface area contributed by atoms with Gasteiger partial charge in [-0.25, -0.2) is 0 Å². The van der Waals surface area contributed by atoms with Gasteiger partial charge in [-0.2, -0.15) is 35.3 Å². The van der Waals surface area contributed by atoms with E-state index in [0.29, 0.717) is 12.0 Å². The molecule has 0 aliphatic rings. The third-order valence-electron chi connectivity index (χ3n) is 2.49. The van der Waals surface area contributed by atoms with Crippen molar-refractivity contribution in [2.24, 2.45) is 11.7 Å². The van der Waals surface area contributed by atoms with Gasteiger partial charge in [0.1, 0.15) is 0 Å². The van der Waals surface area contributed by atoms with Crippen molar-refractivity contribution >= 4 is 35.3 Å². The molecule has 0 bridgehead atoms. The molecule has 0 saturated heterocycles. The maximum absolute atomic E-state index is 6.28. The average Bonchev–Trinajstić information content (AvgIpc) is 2.30. The Bertz CT molecular complexity index is 144. The van der Waals surface area contributed by atoms with Gasteiger partial charge in [0, 0.05) is 11.8 Å². The first-order valence-corrected chi connectivity index (χ1v) is 9.71. The molecular weight excluding hydrogens is 254 g/mol. The summed E-state index contributed by atoms with van der Waals surface area (Å²) in [4.78, 5) is 0. The fraction of sp³-hybridized carbons (Fsp3) is 1.00. The van der Waals surface area contributed by atoms with Crippen LogP contribution in [0.5, 0.6) is 0 Å². The Kier molecular flexibility index (Phi) is 13.3. The Morgan fingerprint density at radius 2 is 1.44 bits per heavy atom. The number of hydrogen-bond donors (Lipinski definition) is 1. The molecule has 0 aromatic heterocycles. The van der Waals surface area contributed by atoms with Crippen LogP contribution in [0.3, 0.4) is 0 Å². The van der Waals surface area contributed by atoms with Gasteiger partial charge in [0.05, 0.1) is 0 Å². The quantitative estimate of drug-likeness (QED) is 0.586. The molecule has 0 aromatic rings. The molecule has 0 aliphatic heterocycles. The SMILES string of the molecule is CCSCCC(CSCC)C(N)CSCC. The van der Waals surface area contributed by atoms with Gasteiger partial charge in [0.15, 0.2) is 0 Å². The van der Waals surface area contributed by atoms with Gasteiger partial charge in [-0.05, 0) is 41.1 Å². The van der Waals surface area contributed by atoms with Gasteiger partial charge in [-0.1, -0.05) is 20.8 Å². The minimum atomic E-state index is 0.390. The van der Waals surface area contributed by atoms with Gasteiger partial charge in [-0.3, -0.25) is 0 Å². The van der Waals surface area contributed by atoms with Crippen LogP contribution >= 0.6 is 35.3 Å². The summed E-state index contributed by atoms with van der Waals surface area (Å²) in [5.41, 5.74) is 6.28. The van der Waals surface area contributed by atoms with E-state index in [1.54, 1.807) is 0 Å². The van der Waals surface area contributed by atoms with Crippen molar-refractivity contribution in [2.75, 3.05) is 34.5 Å². The topological polar surface area (TPSA) is 26.0 Å². The molecular formula is C12H27NS3. The van der Waals surface area contributed by atoms with Crippen LogP contribution in [0.4, 0.5) is 0 Å². The number of thioether (sulfide) groups is 3. The maximum Gasteiger partial charge on any atom is 0.0167 e. The molecule has 2 N–H and O–H groups in total. The highest BCUT2D eigenvalue weighted by atomic mass is 32.2. The fourth-order valence-corrected chi connectivity index (χ4v) is 3.95. The second-order valence-electron chi connectivity index (χ2n) is 3.73. The summed E-state index contributed by atoms with van der Waals surface area (Å²) in [7, 11) is 0. The maximum atomic E-state index is 6.28. The van der Waals surface area contributed by atoms with Gasteiger partial charge in [0.25, 0.3) is 0 Å². The smallest absolute Gasteiger partial charge is 0.0167 e. The molecule has 16 heavy (non-hydrogen) atoms. The van der Waals surface area contributed by atoms with Crippen molar-refractivity contribution in [3.8, 4) is 0 Å². The van der Waals surface area contributed by atoms with E-state index >= 15 is 0 Å². The lowest BCUT2D eigenvalue weighted by molar-refractivity contribution is 0.487. The van der Waals surface area contributed by atoms with E-state index in [9.17, 15) is 0 Å². The van der Waals surface area contributed by atoms with Crippen molar-refractivity contribution in [3.05, 3.63) is 0 Å². The number of hydrogen-bond acceptors (Lipinski definition) is 4. The van der Waals surface area contributed by atoms with Gasteiger partial charge in [0.2, 0.25) is 0 Å². The normalized spacial score (nSPS) is 15.0. The highest BCUT2D eigenvalue weighted by molar-refractivity contribution is 7.99. The van der Waals surface area contributed by atoms with E-state index in [1.807, 2.05) is 35.3 Å². The van der Waals surface area contributed by atoms with E-state index in [-0.39, 0.29) is 0 Å². The Balaban J connectivity index is 3.86. The number of nitrogens with two attached hydrogens (primary N) is 1. The van der Waals surface area contributed by atoms with Crippen LogP contribution in [0.25, 0.3) is 0 Å². The molecule has 1 nitrogen and oxygen atoms in total. The second-order valence-corrected chi connectivity index (χ2v) is 7.76. The molecule has 0 aliphatic carbocycles. The summed E-state index contributed by atoms with van der Waals surface area (Å²) in [6.07, 6.45) is 1.29. The van der Waals surface area contributed by atoms with E-state index < -0.39 is 0 Å². The summed E-state index contributed by atoms with van der Waals surface area (Å²) < 4.78 is 0. The molecule has 0 aromatic carbocycles. The van der Waals surface area contributed by atoms with Crippen LogP contribution in [0.2, 0.25) is 0 Å². The Labute approximate surface area is 114 Å². The van der Waals surface area contributed by atoms with Crippen molar-refractivity contribution < 1.29 is 0 Å². The molecule has 2 atom stereocenters. The lowest BCUT2D eigenvalue weighted by atomic mass is 10.0. The lowest BCUT2D eigenvalue weighted by Crippen LogP contribution is -2.34. The van der Waals surface area contributed by atoms with Crippen LogP contribution < -0.4 is 5.73 Å². The molecule has 0 amide bonds. The van der Waals surface area contributed by atoms with Gasteiger partial charge >= 0.3 is 0 Å². The Morgan fingerprint density at radius 3 is 2.00 bits per heavy atom. The van der Waals surface area contributed by atoms with Gasteiger partial charge in [-0.15, -0.1) is 0 Å². The van der Waals surface area contributed by atoms with E-state index in [2.05, 4.69) is 20.8 Å². The first-order chi connectivity index (χ1) is 7.76. The van der Waals surface area contributed by atoms with Crippen molar-refractivity contribution in [2.45, 2.75) is 33.2 Å². The number of rotatable bonds is 11. The summed E-state index contributed by atoms with van der Waals surface area (Å²) in [6, 6.07) is 0.390. The Hall–Kier alpha value is 1.01. The van der Waals surface area contributed by atoms with Crippen LogP contribution in [-0.2, 0) is 0 Å². The minimum Gasteiger partial charge on any atom is -0.327 e. The molecule has 2 unspecified atom stereocenters. The summed E-state index contributed by atoms with van der Waals surface area (Å²) in [5, 5.41) is 0. The Morgan fingerprint density at radius 1 is 0.875 bits per heavy atom. The van der Waals surface area contributed by atoms with Crippen molar-refractivity contribution in [1.82, 2.24) is 0 Å². The zero-order valence-corrected chi connectivity index (χ0v) is 13.4. The largest absolute Gasteiger partial charge is 0.327 e. The van der Waals surface area contributed by atoms with E-state index in [0.717, 1.165) is 5.75 Å². The minimum absolute atomic E-state index is 0.390. The summed E-state index contributed by atoms with van der Waals surface area (Å²) in [5.74, 6) is 7.98. The molecule has 98 valence electrons. The molecule has 0 rings (SSSR count). The fourth-order valence-electron chi connectivity index (χ4n) is 1.46. The third-order valence-corrected chi connectivity index (χ3v) is 5.53. The molecule has 4 heteroatoms. The van der Waals surface area contributed by atoms with Gasteiger partial charge < -0.3 is 5.73 Å². The van der Waals surface area contributed by atoms with Crippen molar-refractivity contribution in [3.63, 3.8) is 0 Å². The second kappa shape index (κ2) is 12.5. The molecule has 0 fully saturated rings. The highest BCUT2D eigenvalue weighted by Crippen LogP contribution is 2.20. The summed E-state index contributed by atoms with van der Waals surface area (Å²) >= 11 is 6.05. The molecule has 0 spiro atoms. The highest BCUT2D eigenvalue weighted by Gasteiger charge is 2.17. The zero-order chi connectivity index (χ0) is 12.2. The zero-order valence-electron chi connectivity index (χ0n) is 10.9. The van der Waals surface area contributed by atoms with E-state index in [1.165, 1.54) is 35.2 Å². The summed E-state index contributed by atoms with van der Waals surface area (Å²) in [6.45, 7) is 6.67. The average molecular weight is 282 g/mol. The lowest BCUT2D eigenvalue weighted by Gasteiger charge is -2.23. The van der Waals surface area contributed by atoms with Crippen LogP contribution in [-0.4, -0.2) is 40.6 Å². The van der Waals surface area contributed by atoms with E-state index in [4.69, 9.17) is 5.73 Å². The third kappa shape index (κ3) is 9.08. The van der Waals surface area contributed by atoms with Crippen LogP contribution in [0.1, 0.15) is 27.2 Å². The standard InChI is InChI=1S/C12H27NS3/c1-4-14-8-7-11(9-15-5-2)12(13)10-16-6-3/h11-12H,4-10,13H2,1-3H3. The predicted molar refractivity (Wildman–Crippen MR) is 85.1 cm³/mol.